The van der Waals surface area contributed by atoms with Crippen LogP contribution in [0.15, 0.2) is 48.9 Å². The van der Waals surface area contributed by atoms with Gasteiger partial charge in [0.15, 0.2) is 5.65 Å². The summed E-state index contributed by atoms with van der Waals surface area (Å²) < 4.78 is 2.06. The van der Waals surface area contributed by atoms with Crippen LogP contribution in [0.1, 0.15) is 20.5 Å². The first kappa shape index (κ1) is 14.6. The number of anilines is 1. The molecule has 0 bridgehead atoms. The van der Waals surface area contributed by atoms with Crippen LogP contribution in [0.3, 0.4) is 0 Å². The smallest absolute Gasteiger partial charge is 0.261 e. The quantitative estimate of drug-likeness (QED) is 0.790. The van der Waals surface area contributed by atoms with E-state index in [0.29, 0.717) is 15.8 Å². The Morgan fingerprint density at radius 3 is 3.00 bits per heavy atom. The Balaban J connectivity index is 1.58. The molecule has 4 rings (SSSR count). The normalized spacial score (nSPS) is 15.1. The van der Waals surface area contributed by atoms with Gasteiger partial charge in [0.1, 0.15) is 5.56 Å². The Morgan fingerprint density at radius 2 is 2.13 bits per heavy atom. The average Bonchev–Trinajstić information content (AvgIpc) is 3.25. The highest BCUT2D eigenvalue weighted by molar-refractivity contribution is 8.19. The summed E-state index contributed by atoms with van der Waals surface area (Å²) in [4.78, 5) is 16.7. The van der Waals surface area contributed by atoms with Crippen molar-refractivity contribution in [1.29, 1.82) is 0 Å². The first-order valence-corrected chi connectivity index (χ1v) is 9.34. The van der Waals surface area contributed by atoms with E-state index in [2.05, 4.69) is 21.5 Å². The van der Waals surface area contributed by atoms with E-state index in [1.807, 2.05) is 41.7 Å². The molecule has 3 aromatic rings. The summed E-state index contributed by atoms with van der Waals surface area (Å²) in [6.07, 6.45) is 4.97. The molecule has 1 aliphatic rings. The maximum atomic E-state index is 12.5. The second-order valence-corrected chi connectivity index (χ2v) is 7.82. The predicted octanol–water partition coefficient (Wildman–Crippen LogP) is 3.46. The third kappa shape index (κ3) is 2.94. The van der Waals surface area contributed by atoms with Crippen LogP contribution in [-0.4, -0.2) is 32.0 Å². The van der Waals surface area contributed by atoms with Crippen molar-refractivity contribution < 1.29 is 4.79 Å². The van der Waals surface area contributed by atoms with Crippen molar-refractivity contribution in [2.24, 2.45) is 0 Å². The first-order valence-electron chi connectivity index (χ1n) is 7.24. The van der Waals surface area contributed by atoms with E-state index in [-0.39, 0.29) is 5.91 Å². The van der Waals surface area contributed by atoms with E-state index in [1.165, 1.54) is 17.1 Å². The van der Waals surface area contributed by atoms with E-state index >= 15 is 0 Å². The molecule has 0 aliphatic carbocycles. The molecule has 0 atom stereocenters. The standard InChI is InChI=1S/C16H14N4OS2/c21-15(13-10-18-20-6-2-5-17-14(13)20)19-12-4-1-3-11(9-12)16-22-7-8-23-16/h1-6,9-10,16H,7-8H2,(H,19,21). The van der Waals surface area contributed by atoms with E-state index in [1.54, 1.807) is 29.2 Å². The Bertz CT molecular complexity index is 858. The number of carbonyl (C=O) groups excluding carboxylic acids is 1. The lowest BCUT2D eigenvalue weighted by molar-refractivity contribution is 0.102. The van der Waals surface area contributed by atoms with Crippen LogP contribution < -0.4 is 5.32 Å². The molecule has 0 saturated carbocycles. The Kier molecular flexibility index (Phi) is 3.97. The lowest BCUT2D eigenvalue weighted by Crippen LogP contribution is -2.12. The van der Waals surface area contributed by atoms with Crippen LogP contribution in [0.2, 0.25) is 0 Å². The number of rotatable bonds is 3. The maximum absolute atomic E-state index is 12.5. The summed E-state index contributed by atoms with van der Waals surface area (Å²) in [5, 5.41) is 7.10. The molecule has 116 valence electrons. The van der Waals surface area contributed by atoms with E-state index in [0.717, 1.165) is 5.69 Å². The number of amides is 1. The highest BCUT2D eigenvalue weighted by atomic mass is 32.2. The number of aromatic nitrogens is 3. The molecule has 1 aliphatic heterocycles. The number of nitrogens with zero attached hydrogens (tertiary/aromatic N) is 3. The van der Waals surface area contributed by atoms with Crippen LogP contribution in [0.5, 0.6) is 0 Å². The minimum atomic E-state index is -0.192. The van der Waals surface area contributed by atoms with E-state index in [4.69, 9.17) is 0 Å². The molecule has 0 radical (unpaired) electrons. The fourth-order valence-corrected chi connectivity index (χ4v) is 5.34. The van der Waals surface area contributed by atoms with E-state index in [9.17, 15) is 4.79 Å². The zero-order valence-electron chi connectivity index (χ0n) is 12.2. The minimum absolute atomic E-state index is 0.192. The van der Waals surface area contributed by atoms with Crippen LogP contribution >= 0.6 is 23.5 Å². The lowest BCUT2D eigenvalue weighted by atomic mass is 10.2. The van der Waals surface area contributed by atoms with Crippen LogP contribution in [0.4, 0.5) is 5.69 Å². The highest BCUT2D eigenvalue weighted by Gasteiger charge is 2.19. The Morgan fingerprint density at radius 1 is 1.26 bits per heavy atom. The summed E-state index contributed by atoms with van der Waals surface area (Å²) in [6.45, 7) is 0. The zero-order valence-corrected chi connectivity index (χ0v) is 13.8. The second kappa shape index (κ2) is 6.25. The summed E-state index contributed by atoms with van der Waals surface area (Å²) in [7, 11) is 0. The van der Waals surface area contributed by atoms with Crippen molar-refractivity contribution in [2.45, 2.75) is 4.58 Å². The Labute approximate surface area is 141 Å². The van der Waals surface area contributed by atoms with Gasteiger partial charge < -0.3 is 5.32 Å². The summed E-state index contributed by atoms with van der Waals surface area (Å²) >= 11 is 3.90. The van der Waals surface area contributed by atoms with Crippen LogP contribution in [0.25, 0.3) is 5.65 Å². The van der Waals surface area contributed by atoms with Gasteiger partial charge in [-0.25, -0.2) is 9.50 Å². The third-order valence-corrected chi connectivity index (χ3v) is 6.67. The van der Waals surface area contributed by atoms with Gasteiger partial charge in [-0.1, -0.05) is 12.1 Å². The van der Waals surface area contributed by atoms with Crippen molar-refractivity contribution in [3.63, 3.8) is 0 Å². The number of nitrogens with one attached hydrogen (secondary N) is 1. The van der Waals surface area contributed by atoms with Gasteiger partial charge in [-0.05, 0) is 23.8 Å². The topological polar surface area (TPSA) is 59.3 Å². The largest absolute Gasteiger partial charge is 0.322 e. The molecule has 23 heavy (non-hydrogen) atoms. The van der Waals surface area contributed by atoms with Crippen LogP contribution in [-0.2, 0) is 0 Å². The molecule has 1 amide bonds. The van der Waals surface area contributed by atoms with Gasteiger partial charge in [-0.15, -0.1) is 23.5 Å². The van der Waals surface area contributed by atoms with Crippen LogP contribution in [0, 0.1) is 0 Å². The SMILES string of the molecule is O=C(Nc1cccc(C2SCCS2)c1)c1cnn2cccnc12. The first-order chi connectivity index (χ1) is 11.3. The predicted molar refractivity (Wildman–Crippen MR) is 95.0 cm³/mol. The molecular weight excluding hydrogens is 328 g/mol. The highest BCUT2D eigenvalue weighted by Crippen LogP contribution is 2.45. The molecule has 5 nitrogen and oxygen atoms in total. The van der Waals surface area contributed by atoms with E-state index < -0.39 is 0 Å². The van der Waals surface area contributed by atoms with Gasteiger partial charge in [0, 0.05) is 29.6 Å². The van der Waals surface area contributed by atoms with Gasteiger partial charge in [0.05, 0.1) is 10.8 Å². The number of fused-ring (bicyclic) bond motifs is 1. The van der Waals surface area contributed by atoms with Crippen molar-refractivity contribution in [3.05, 3.63) is 60.0 Å². The van der Waals surface area contributed by atoms with Crippen molar-refractivity contribution in [3.8, 4) is 0 Å². The fourth-order valence-electron chi connectivity index (χ4n) is 2.50. The third-order valence-electron chi connectivity index (χ3n) is 3.56. The average molecular weight is 342 g/mol. The summed E-state index contributed by atoms with van der Waals surface area (Å²) in [5.41, 5.74) is 3.08. The summed E-state index contributed by atoms with van der Waals surface area (Å²) in [5.74, 6) is 2.17. The van der Waals surface area contributed by atoms with Gasteiger partial charge in [-0.2, -0.15) is 5.10 Å². The van der Waals surface area contributed by atoms with Crippen molar-refractivity contribution >= 4 is 40.8 Å². The van der Waals surface area contributed by atoms with Gasteiger partial charge >= 0.3 is 0 Å². The second-order valence-electron chi connectivity index (χ2n) is 5.10. The molecule has 1 saturated heterocycles. The van der Waals surface area contributed by atoms with Crippen molar-refractivity contribution in [2.75, 3.05) is 16.8 Å². The maximum Gasteiger partial charge on any atom is 0.261 e. The molecule has 1 aromatic carbocycles. The molecule has 3 heterocycles. The number of hydrogen-bond acceptors (Lipinski definition) is 5. The molecule has 7 heteroatoms. The van der Waals surface area contributed by atoms with Crippen molar-refractivity contribution in [1.82, 2.24) is 14.6 Å². The molecule has 2 aromatic heterocycles. The lowest BCUT2D eigenvalue weighted by Gasteiger charge is -2.10. The number of benzene rings is 1. The van der Waals surface area contributed by atoms with Gasteiger partial charge in [0.25, 0.3) is 5.91 Å². The molecule has 0 unspecified atom stereocenters. The molecule has 1 fully saturated rings. The van der Waals surface area contributed by atoms with Gasteiger partial charge in [-0.3, -0.25) is 4.79 Å². The molecule has 1 N–H and O–H groups in total. The number of thioether (sulfide) groups is 2. The summed E-state index contributed by atoms with van der Waals surface area (Å²) in [6, 6.07) is 9.83. The fraction of sp³-hybridized carbons (Fsp3) is 0.188. The number of carbonyl (C=O) groups is 1. The molecule has 0 spiro atoms. The van der Waals surface area contributed by atoms with Gasteiger partial charge in [0.2, 0.25) is 0 Å². The minimum Gasteiger partial charge on any atom is -0.322 e. The Hall–Kier alpha value is -1.99. The molecular formula is C16H14N4OS2. The monoisotopic (exact) mass is 342 g/mol. The zero-order chi connectivity index (χ0) is 15.6. The number of hydrogen-bond donors (Lipinski definition) is 1.